The summed E-state index contributed by atoms with van der Waals surface area (Å²) < 4.78 is 38.2. The summed E-state index contributed by atoms with van der Waals surface area (Å²) in [5.74, 6) is 0. The van der Waals surface area contributed by atoms with E-state index in [4.69, 9.17) is 0 Å². The number of rotatable bonds is 7. The van der Waals surface area contributed by atoms with Gasteiger partial charge in [0.2, 0.25) is 0 Å². The Morgan fingerprint density at radius 3 is 1.89 bits per heavy atom. The standard InChI is InChI=1S/C13H27F3N2/c1-7-12(6,11(5)17-8-2)18(10(3)4)9-13(14,15)16/h10-11,17H,7-9H2,1-6H3. The van der Waals surface area contributed by atoms with Gasteiger partial charge < -0.3 is 5.32 Å². The Bertz CT molecular complexity index is 241. The molecule has 0 aliphatic rings. The van der Waals surface area contributed by atoms with Crippen molar-refractivity contribution in [3.63, 3.8) is 0 Å². The molecule has 5 heteroatoms. The van der Waals surface area contributed by atoms with Gasteiger partial charge in [0.1, 0.15) is 0 Å². The molecule has 0 radical (unpaired) electrons. The van der Waals surface area contributed by atoms with Gasteiger partial charge in [-0.05, 0) is 40.7 Å². The molecule has 0 aliphatic carbocycles. The van der Waals surface area contributed by atoms with Crippen LogP contribution in [0.15, 0.2) is 0 Å². The van der Waals surface area contributed by atoms with Gasteiger partial charge >= 0.3 is 6.18 Å². The molecule has 2 atom stereocenters. The molecule has 0 aromatic heterocycles. The van der Waals surface area contributed by atoms with Gasteiger partial charge in [-0.25, -0.2) is 0 Å². The predicted molar refractivity (Wildman–Crippen MR) is 69.7 cm³/mol. The molecule has 0 saturated carbocycles. The van der Waals surface area contributed by atoms with E-state index < -0.39 is 18.3 Å². The van der Waals surface area contributed by atoms with Crippen molar-refractivity contribution in [3.05, 3.63) is 0 Å². The Labute approximate surface area is 109 Å². The molecular formula is C13H27F3N2. The van der Waals surface area contributed by atoms with Crippen molar-refractivity contribution in [2.75, 3.05) is 13.1 Å². The summed E-state index contributed by atoms with van der Waals surface area (Å²) in [6.07, 6.45) is -3.48. The van der Waals surface area contributed by atoms with E-state index in [2.05, 4.69) is 5.32 Å². The zero-order valence-corrected chi connectivity index (χ0v) is 12.4. The quantitative estimate of drug-likeness (QED) is 0.761. The second-order valence-corrected chi connectivity index (χ2v) is 5.33. The van der Waals surface area contributed by atoms with Crippen LogP contribution in [0.25, 0.3) is 0 Å². The molecule has 1 N–H and O–H groups in total. The Kier molecular flexibility index (Phi) is 6.65. The van der Waals surface area contributed by atoms with Gasteiger partial charge in [0, 0.05) is 17.6 Å². The fraction of sp³-hybridized carbons (Fsp3) is 1.00. The van der Waals surface area contributed by atoms with Crippen LogP contribution in [0, 0.1) is 0 Å². The summed E-state index contributed by atoms with van der Waals surface area (Å²) in [4.78, 5) is 1.56. The maximum atomic E-state index is 12.7. The van der Waals surface area contributed by atoms with Gasteiger partial charge in [-0.3, -0.25) is 4.90 Å². The number of halogens is 3. The summed E-state index contributed by atoms with van der Waals surface area (Å²) in [7, 11) is 0. The average molecular weight is 268 g/mol. The zero-order valence-electron chi connectivity index (χ0n) is 12.4. The monoisotopic (exact) mass is 268 g/mol. The summed E-state index contributed by atoms with van der Waals surface area (Å²) in [6.45, 7) is 11.3. The van der Waals surface area contributed by atoms with Gasteiger partial charge in [0.05, 0.1) is 6.54 Å². The second kappa shape index (κ2) is 6.75. The number of hydrogen-bond acceptors (Lipinski definition) is 2. The van der Waals surface area contributed by atoms with Gasteiger partial charge in [0.25, 0.3) is 0 Å². The SMILES string of the molecule is CCNC(C)C(C)(CC)N(CC(F)(F)F)C(C)C. The first kappa shape index (κ1) is 17.7. The highest BCUT2D eigenvalue weighted by Gasteiger charge is 2.42. The van der Waals surface area contributed by atoms with Gasteiger partial charge in [0.15, 0.2) is 0 Å². The second-order valence-electron chi connectivity index (χ2n) is 5.33. The molecule has 0 fully saturated rings. The average Bonchev–Trinajstić information content (AvgIpc) is 2.23. The Hall–Kier alpha value is -0.290. The molecule has 0 bridgehead atoms. The summed E-state index contributed by atoms with van der Waals surface area (Å²) >= 11 is 0. The van der Waals surface area contributed by atoms with Crippen molar-refractivity contribution in [3.8, 4) is 0 Å². The van der Waals surface area contributed by atoms with Crippen LogP contribution in [0.5, 0.6) is 0 Å². The molecule has 0 amide bonds. The first-order valence-corrected chi connectivity index (χ1v) is 6.65. The first-order valence-electron chi connectivity index (χ1n) is 6.65. The highest BCUT2D eigenvalue weighted by Crippen LogP contribution is 2.30. The lowest BCUT2D eigenvalue weighted by Gasteiger charge is -2.47. The first-order chi connectivity index (χ1) is 8.08. The molecule has 110 valence electrons. The number of alkyl halides is 3. The Balaban J connectivity index is 5.14. The minimum atomic E-state index is -4.16. The van der Waals surface area contributed by atoms with Crippen LogP contribution in [0.3, 0.4) is 0 Å². The van der Waals surface area contributed by atoms with Crippen molar-refractivity contribution in [1.29, 1.82) is 0 Å². The molecule has 0 heterocycles. The fourth-order valence-electron chi connectivity index (χ4n) is 2.43. The highest BCUT2D eigenvalue weighted by molar-refractivity contribution is 4.96. The molecule has 0 aliphatic heterocycles. The number of nitrogens with zero attached hydrogens (tertiary/aromatic N) is 1. The maximum Gasteiger partial charge on any atom is 0.401 e. The lowest BCUT2D eigenvalue weighted by molar-refractivity contribution is -0.166. The highest BCUT2D eigenvalue weighted by atomic mass is 19.4. The van der Waals surface area contributed by atoms with Crippen molar-refractivity contribution >= 4 is 0 Å². The third-order valence-corrected chi connectivity index (χ3v) is 3.79. The molecule has 2 nitrogen and oxygen atoms in total. The van der Waals surface area contributed by atoms with E-state index in [9.17, 15) is 13.2 Å². The summed E-state index contributed by atoms with van der Waals surface area (Å²) in [6, 6.07) is -0.130. The topological polar surface area (TPSA) is 15.3 Å². The largest absolute Gasteiger partial charge is 0.401 e. The van der Waals surface area contributed by atoms with E-state index in [1.54, 1.807) is 4.90 Å². The van der Waals surface area contributed by atoms with Gasteiger partial charge in [-0.1, -0.05) is 13.8 Å². The van der Waals surface area contributed by atoms with Crippen molar-refractivity contribution < 1.29 is 13.2 Å². The number of likely N-dealkylation sites (N-methyl/N-ethyl adjacent to an activating group) is 1. The van der Waals surface area contributed by atoms with Crippen LogP contribution >= 0.6 is 0 Å². The van der Waals surface area contributed by atoms with Crippen LogP contribution in [-0.2, 0) is 0 Å². The molecule has 18 heavy (non-hydrogen) atoms. The van der Waals surface area contributed by atoms with E-state index in [0.29, 0.717) is 6.42 Å². The predicted octanol–water partition coefficient (Wildman–Crippen LogP) is 3.43. The molecule has 0 saturated heterocycles. The van der Waals surface area contributed by atoms with Crippen LogP contribution in [-0.4, -0.2) is 41.8 Å². The molecule has 0 aromatic carbocycles. The zero-order chi connectivity index (χ0) is 14.6. The molecule has 2 unspecified atom stereocenters. The molecule has 0 rings (SSSR count). The van der Waals surface area contributed by atoms with Crippen molar-refractivity contribution in [2.24, 2.45) is 0 Å². The van der Waals surface area contributed by atoms with Crippen molar-refractivity contribution in [1.82, 2.24) is 10.2 Å². The van der Waals surface area contributed by atoms with E-state index in [0.717, 1.165) is 6.54 Å². The lowest BCUT2D eigenvalue weighted by atomic mass is 9.87. The van der Waals surface area contributed by atoms with Crippen LogP contribution in [0.4, 0.5) is 13.2 Å². The fourth-order valence-corrected chi connectivity index (χ4v) is 2.43. The summed E-state index contributed by atoms with van der Waals surface area (Å²) in [5, 5.41) is 3.25. The Morgan fingerprint density at radius 1 is 1.11 bits per heavy atom. The third kappa shape index (κ3) is 4.76. The van der Waals surface area contributed by atoms with E-state index >= 15 is 0 Å². The van der Waals surface area contributed by atoms with Crippen LogP contribution < -0.4 is 5.32 Å². The molecule has 0 aromatic rings. The van der Waals surface area contributed by atoms with Gasteiger partial charge in [-0.2, -0.15) is 13.2 Å². The van der Waals surface area contributed by atoms with E-state index in [1.165, 1.54) is 0 Å². The Morgan fingerprint density at radius 2 is 1.61 bits per heavy atom. The lowest BCUT2D eigenvalue weighted by Crippen LogP contribution is -2.62. The summed E-state index contributed by atoms with van der Waals surface area (Å²) in [5.41, 5.74) is -0.500. The minimum absolute atomic E-state index is 0.0113. The molecule has 0 spiro atoms. The van der Waals surface area contributed by atoms with Gasteiger partial charge in [-0.15, -0.1) is 0 Å². The van der Waals surface area contributed by atoms with Crippen LogP contribution in [0.2, 0.25) is 0 Å². The smallest absolute Gasteiger partial charge is 0.313 e. The number of nitrogens with one attached hydrogen (secondary N) is 1. The van der Waals surface area contributed by atoms with Crippen molar-refractivity contribution in [2.45, 2.75) is 71.8 Å². The van der Waals surface area contributed by atoms with Crippen LogP contribution in [0.1, 0.15) is 48.0 Å². The maximum absolute atomic E-state index is 12.7. The number of hydrogen-bond donors (Lipinski definition) is 1. The minimum Gasteiger partial charge on any atom is -0.313 e. The van der Waals surface area contributed by atoms with E-state index in [-0.39, 0.29) is 12.1 Å². The third-order valence-electron chi connectivity index (χ3n) is 3.79. The van der Waals surface area contributed by atoms with E-state index in [1.807, 2.05) is 41.5 Å². The molecular weight excluding hydrogens is 241 g/mol. The normalized spacial score (nSPS) is 18.2.